The molecule has 2 aliphatic rings. The largest absolute Gasteiger partial charge is 1.00 e. The number of aryl methyl sites for hydroxylation is 1. The number of esters is 2. The Morgan fingerprint density at radius 3 is 1.87 bits per heavy atom. The molecule has 2 fully saturated rings. The second-order valence-corrected chi connectivity index (χ2v) is 11.2. The minimum atomic E-state index is -0.651. The van der Waals surface area contributed by atoms with Crippen molar-refractivity contribution >= 4 is 63.3 Å². The zero-order valence-electron chi connectivity index (χ0n) is 25.9. The Kier molecular flexibility index (Phi) is 13.6. The number of hydrogen-bond donors (Lipinski definition) is 4. The standard InChI is InChI=1S/C16H19N3O2.C11H14N2O2.C5H8ClNO.ClH/c1-19-13-6-4-11(5-7-14(20)21-2)10-12(13)18-15(19)16(17)8-3-9-16;1-13-10-5-3-8(7-9(10)12)4-6-11(14)15-2;6-4(8)5(7)2-1-3-5;/h4-7,10H,3,8-9,17H2,1-2H3;3-7,13H,12H2,1-2H3;1-3,7H2;1H/p-1/b7-5+;6-4+;;. The van der Waals surface area contributed by atoms with Crippen LogP contribution in [0.25, 0.3) is 23.2 Å². The summed E-state index contributed by atoms with van der Waals surface area (Å²) in [5.41, 5.74) is 21.9. The third kappa shape index (κ3) is 9.54. The van der Waals surface area contributed by atoms with E-state index in [2.05, 4.69) is 19.4 Å². The number of imidazole rings is 1. The summed E-state index contributed by atoms with van der Waals surface area (Å²) in [5.74, 6) is 0.191. The first-order chi connectivity index (χ1) is 20.9. The monoisotopic (exact) mass is 659 g/mol. The molecule has 2 aliphatic carbocycles. The van der Waals surface area contributed by atoms with Gasteiger partial charge in [-0.15, -0.1) is 0 Å². The number of fused-ring (bicyclic) bond motifs is 1. The number of methoxy groups -OCH3 is 2. The fraction of sp³-hybridized carbons (Fsp3) is 0.375. The number of ether oxygens (including phenoxy) is 2. The van der Waals surface area contributed by atoms with E-state index in [1.165, 1.54) is 26.4 Å². The SMILES string of the molecule is CNc1ccc(/C=C/C(=O)OC)cc1N.COC(=O)/C=C/c1ccc2c(c1)nc(C1(N)CCC1)n2C.NC1(C(=O)Cl)CCC1.[Cl-]. The minimum absolute atomic E-state index is 0. The van der Waals surface area contributed by atoms with Crippen LogP contribution in [-0.4, -0.2) is 53.5 Å². The van der Waals surface area contributed by atoms with Crippen molar-refractivity contribution in [2.24, 2.45) is 18.5 Å². The van der Waals surface area contributed by atoms with Crippen LogP contribution in [0.15, 0.2) is 48.6 Å². The molecular weight excluding hydrogens is 619 g/mol. The number of carbonyl (C=O) groups excluding carboxylic acids is 3. The maximum Gasteiger partial charge on any atom is 0.330 e. The van der Waals surface area contributed by atoms with Gasteiger partial charge in [0.2, 0.25) is 5.24 Å². The fourth-order valence-electron chi connectivity index (χ4n) is 4.68. The molecule has 0 saturated heterocycles. The molecule has 0 radical (unpaired) electrons. The van der Waals surface area contributed by atoms with Gasteiger partial charge in [0.15, 0.2) is 0 Å². The van der Waals surface area contributed by atoms with E-state index in [0.29, 0.717) is 5.69 Å². The number of nitrogens with two attached hydrogens (primary N) is 3. The Bertz CT molecular complexity index is 1560. The minimum Gasteiger partial charge on any atom is -1.00 e. The van der Waals surface area contributed by atoms with Crippen molar-refractivity contribution in [1.82, 2.24) is 9.55 Å². The molecule has 11 nitrogen and oxygen atoms in total. The van der Waals surface area contributed by atoms with Crippen molar-refractivity contribution in [1.29, 1.82) is 0 Å². The number of aromatic nitrogens is 2. The summed E-state index contributed by atoms with van der Waals surface area (Å²) in [6.45, 7) is 0. The van der Waals surface area contributed by atoms with Crippen molar-refractivity contribution in [3.63, 3.8) is 0 Å². The summed E-state index contributed by atoms with van der Waals surface area (Å²) in [6.07, 6.45) is 11.8. The van der Waals surface area contributed by atoms with Crippen LogP contribution < -0.4 is 34.9 Å². The zero-order chi connectivity index (χ0) is 32.5. The van der Waals surface area contributed by atoms with Gasteiger partial charge in [0, 0.05) is 26.2 Å². The highest BCUT2D eigenvalue weighted by Crippen LogP contribution is 2.39. The van der Waals surface area contributed by atoms with Gasteiger partial charge >= 0.3 is 11.9 Å². The van der Waals surface area contributed by atoms with E-state index in [0.717, 1.165) is 72.2 Å². The molecule has 1 heterocycles. The second kappa shape index (κ2) is 16.4. The summed E-state index contributed by atoms with van der Waals surface area (Å²) in [5, 5.41) is 2.57. The highest BCUT2D eigenvalue weighted by atomic mass is 35.5. The molecule has 0 spiro atoms. The molecule has 5 rings (SSSR count). The van der Waals surface area contributed by atoms with Gasteiger partial charge in [0.05, 0.1) is 47.7 Å². The Hall–Kier alpha value is -3.90. The van der Waals surface area contributed by atoms with Gasteiger partial charge in [-0.05, 0) is 97.7 Å². The molecule has 2 aromatic carbocycles. The van der Waals surface area contributed by atoms with Crippen molar-refractivity contribution < 1.29 is 36.3 Å². The smallest absolute Gasteiger partial charge is 0.330 e. The van der Waals surface area contributed by atoms with Gasteiger partial charge in [0.1, 0.15) is 5.82 Å². The number of benzene rings is 2. The maximum atomic E-state index is 11.1. The van der Waals surface area contributed by atoms with E-state index in [1.54, 1.807) is 25.3 Å². The van der Waals surface area contributed by atoms with Crippen molar-refractivity contribution in [3.05, 3.63) is 65.5 Å². The number of nitrogen functional groups attached to an aromatic ring is 1. The first-order valence-corrected chi connectivity index (χ1v) is 14.6. The van der Waals surface area contributed by atoms with Crippen LogP contribution in [0.1, 0.15) is 55.5 Å². The molecule has 2 saturated carbocycles. The topological polar surface area (TPSA) is 178 Å². The number of halogens is 2. The number of anilines is 2. The van der Waals surface area contributed by atoms with Gasteiger partial charge in [-0.25, -0.2) is 14.6 Å². The van der Waals surface area contributed by atoms with E-state index >= 15 is 0 Å². The van der Waals surface area contributed by atoms with Crippen LogP contribution in [-0.2, 0) is 36.4 Å². The molecule has 7 N–H and O–H groups in total. The number of nitrogens with zero attached hydrogens (tertiary/aromatic N) is 2. The maximum absolute atomic E-state index is 11.1. The summed E-state index contributed by atoms with van der Waals surface area (Å²) in [7, 11) is 6.50. The van der Waals surface area contributed by atoms with Crippen LogP contribution in [0, 0.1) is 0 Å². The Balaban J connectivity index is 0.000000257. The third-order valence-electron chi connectivity index (χ3n) is 7.80. The molecule has 0 bridgehead atoms. The van der Waals surface area contributed by atoms with E-state index < -0.39 is 5.54 Å². The van der Waals surface area contributed by atoms with E-state index in [9.17, 15) is 14.4 Å². The van der Waals surface area contributed by atoms with Crippen molar-refractivity contribution in [2.45, 2.75) is 49.6 Å². The lowest BCUT2D eigenvalue weighted by molar-refractivity contribution is -0.135. The number of carbonyl (C=O) groups is 3. The first-order valence-electron chi connectivity index (χ1n) is 14.2. The lowest BCUT2D eigenvalue weighted by Crippen LogP contribution is -3.00. The van der Waals surface area contributed by atoms with Crippen molar-refractivity contribution in [3.8, 4) is 0 Å². The average molecular weight is 661 g/mol. The number of rotatable bonds is 7. The predicted octanol–water partition coefficient (Wildman–Crippen LogP) is 1.23. The van der Waals surface area contributed by atoms with Gasteiger partial charge in [-0.3, -0.25) is 4.79 Å². The van der Waals surface area contributed by atoms with Gasteiger partial charge < -0.3 is 49.0 Å². The molecule has 0 amide bonds. The van der Waals surface area contributed by atoms with Crippen LogP contribution in [0.5, 0.6) is 0 Å². The molecule has 3 aromatic rings. The molecule has 45 heavy (non-hydrogen) atoms. The van der Waals surface area contributed by atoms with Crippen LogP contribution in [0.3, 0.4) is 0 Å². The lowest BCUT2D eigenvalue weighted by atomic mass is 9.77. The number of nitrogens with one attached hydrogen (secondary N) is 1. The quantitative estimate of drug-likeness (QED) is 0.125. The predicted molar refractivity (Wildman–Crippen MR) is 175 cm³/mol. The highest BCUT2D eigenvalue weighted by Gasteiger charge is 2.39. The fourth-order valence-corrected chi connectivity index (χ4v) is 4.87. The average Bonchev–Trinajstić information content (AvgIpc) is 3.32. The van der Waals surface area contributed by atoms with E-state index in [1.807, 2.05) is 37.4 Å². The first kappa shape index (κ1) is 37.3. The highest BCUT2D eigenvalue weighted by molar-refractivity contribution is 6.65. The summed E-state index contributed by atoms with van der Waals surface area (Å²) in [6, 6.07) is 11.4. The molecule has 0 atom stereocenters. The van der Waals surface area contributed by atoms with Crippen LogP contribution >= 0.6 is 11.6 Å². The molecule has 13 heteroatoms. The van der Waals surface area contributed by atoms with Crippen LogP contribution in [0.4, 0.5) is 11.4 Å². The van der Waals surface area contributed by atoms with E-state index in [4.69, 9.17) is 33.8 Å². The van der Waals surface area contributed by atoms with Gasteiger partial charge in [-0.1, -0.05) is 12.1 Å². The molecule has 1 aromatic heterocycles. The summed E-state index contributed by atoms with van der Waals surface area (Å²) >= 11 is 5.16. The summed E-state index contributed by atoms with van der Waals surface area (Å²) in [4.78, 5) is 37.1. The Morgan fingerprint density at radius 2 is 1.47 bits per heavy atom. The summed E-state index contributed by atoms with van der Waals surface area (Å²) < 4.78 is 11.1. The Labute approximate surface area is 274 Å². The molecule has 0 aliphatic heterocycles. The molecule has 0 unspecified atom stereocenters. The van der Waals surface area contributed by atoms with Crippen LogP contribution in [0.2, 0.25) is 0 Å². The lowest BCUT2D eigenvalue weighted by Gasteiger charge is -2.37. The van der Waals surface area contributed by atoms with E-state index in [-0.39, 0.29) is 35.1 Å². The second-order valence-electron chi connectivity index (χ2n) is 10.8. The zero-order valence-corrected chi connectivity index (χ0v) is 27.5. The third-order valence-corrected chi connectivity index (χ3v) is 8.18. The molecular formula is C32H41Cl2N6O5-. The molecule has 244 valence electrons. The normalized spacial score (nSPS) is 15.7. The number of hydrogen-bond acceptors (Lipinski definition) is 10. The van der Waals surface area contributed by atoms with Gasteiger partial charge in [0.25, 0.3) is 0 Å². The van der Waals surface area contributed by atoms with Crippen molar-refractivity contribution in [2.75, 3.05) is 32.3 Å². The van der Waals surface area contributed by atoms with Gasteiger partial charge in [-0.2, -0.15) is 0 Å². The Morgan fingerprint density at radius 1 is 0.933 bits per heavy atom.